The van der Waals surface area contributed by atoms with Gasteiger partial charge in [0.25, 0.3) is 0 Å². The van der Waals surface area contributed by atoms with E-state index in [0.717, 1.165) is 11.4 Å². The number of nitrogens with two attached hydrogens (primary N) is 1. The molecule has 0 radical (unpaired) electrons. The van der Waals surface area contributed by atoms with E-state index in [1.54, 1.807) is 4.68 Å². The number of hydrogen-bond acceptors (Lipinski definition) is 3. The monoisotopic (exact) mass is 314 g/mol. The van der Waals surface area contributed by atoms with Crippen molar-refractivity contribution in [1.82, 2.24) is 9.78 Å². The van der Waals surface area contributed by atoms with Crippen LogP contribution in [0.15, 0.2) is 30.3 Å². The highest BCUT2D eigenvalue weighted by Crippen LogP contribution is 2.23. The maximum Gasteiger partial charge on any atom is 0.229 e. The highest BCUT2D eigenvalue weighted by Gasteiger charge is 2.20. The second kappa shape index (κ2) is 6.96. The van der Waals surface area contributed by atoms with E-state index in [1.807, 2.05) is 51.1 Å². The normalized spacial score (nSPS) is 13.9. The van der Waals surface area contributed by atoms with Gasteiger partial charge in [0, 0.05) is 12.1 Å². The van der Waals surface area contributed by atoms with Gasteiger partial charge in [-0.05, 0) is 31.9 Å². The van der Waals surface area contributed by atoms with Crippen LogP contribution in [0.1, 0.15) is 44.9 Å². The van der Waals surface area contributed by atoms with Gasteiger partial charge in [-0.1, -0.05) is 38.5 Å². The van der Waals surface area contributed by atoms with Crippen LogP contribution < -0.4 is 11.1 Å². The number of anilines is 1. The van der Waals surface area contributed by atoms with Gasteiger partial charge in [-0.2, -0.15) is 5.10 Å². The third kappa shape index (κ3) is 3.99. The second-order valence-corrected chi connectivity index (χ2v) is 6.49. The average molecular weight is 314 g/mol. The molecule has 1 aromatic heterocycles. The van der Waals surface area contributed by atoms with Crippen molar-refractivity contribution in [2.24, 2.45) is 11.7 Å². The fraction of sp³-hybridized carbons (Fsp3) is 0.444. The van der Waals surface area contributed by atoms with Crippen LogP contribution in [-0.2, 0) is 4.79 Å². The molecule has 124 valence electrons. The molecule has 2 rings (SSSR count). The van der Waals surface area contributed by atoms with Crippen LogP contribution in [0.3, 0.4) is 0 Å². The lowest BCUT2D eigenvalue weighted by atomic mass is 10.0. The van der Waals surface area contributed by atoms with Crippen LogP contribution in [0.25, 0.3) is 5.69 Å². The predicted octanol–water partition coefficient (Wildman–Crippen LogP) is 3.23. The third-order valence-electron chi connectivity index (χ3n) is 4.05. The zero-order chi connectivity index (χ0) is 17.1. The summed E-state index contributed by atoms with van der Waals surface area (Å²) in [5.74, 6) is 0.598. The van der Waals surface area contributed by atoms with Crippen molar-refractivity contribution in [1.29, 1.82) is 0 Å². The number of nitrogens with zero attached hydrogens (tertiary/aromatic N) is 2. The van der Waals surface area contributed by atoms with Crippen molar-refractivity contribution in [2.45, 2.75) is 46.6 Å². The van der Waals surface area contributed by atoms with Crippen molar-refractivity contribution in [3.8, 4) is 5.69 Å². The molecule has 5 nitrogen and oxygen atoms in total. The molecule has 3 N–H and O–H groups in total. The summed E-state index contributed by atoms with van der Waals surface area (Å²) in [6.07, 6.45) is 0. The molecule has 1 aromatic carbocycles. The predicted molar refractivity (Wildman–Crippen MR) is 93.8 cm³/mol. The molecular formula is C18H26N4O. The largest absolute Gasteiger partial charge is 0.327 e. The second-order valence-electron chi connectivity index (χ2n) is 6.49. The molecule has 2 atom stereocenters. The highest BCUT2D eigenvalue weighted by molar-refractivity contribution is 5.92. The standard InChI is InChI=1S/C18H26N4O/c1-11(2)16-10-17(20-18(23)13(4)14(5)19)22(21-16)15-8-6-12(3)7-9-15/h6-11,13-14H,19H2,1-5H3,(H,20,23). The molecule has 1 heterocycles. The number of amides is 1. The van der Waals surface area contributed by atoms with Gasteiger partial charge < -0.3 is 11.1 Å². The molecule has 23 heavy (non-hydrogen) atoms. The van der Waals surface area contributed by atoms with Crippen LogP contribution in [0.4, 0.5) is 5.82 Å². The summed E-state index contributed by atoms with van der Waals surface area (Å²) in [4.78, 5) is 12.3. The summed E-state index contributed by atoms with van der Waals surface area (Å²) in [5.41, 5.74) is 8.87. The average Bonchev–Trinajstić information content (AvgIpc) is 2.91. The molecule has 0 saturated heterocycles. The minimum Gasteiger partial charge on any atom is -0.327 e. The van der Waals surface area contributed by atoms with Crippen LogP contribution in [0.5, 0.6) is 0 Å². The quantitative estimate of drug-likeness (QED) is 0.890. The zero-order valence-corrected chi connectivity index (χ0v) is 14.5. The molecule has 0 saturated carbocycles. The first-order valence-corrected chi connectivity index (χ1v) is 8.03. The fourth-order valence-corrected chi connectivity index (χ4v) is 2.13. The lowest BCUT2D eigenvalue weighted by Crippen LogP contribution is -2.34. The molecule has 0 aliphatic heterocycles. The molecule has 0 aliphatic carbocycles. The minimum atomic E-state index is -0.265. The number of hydrogen-bond donors (Lipinski definition) is 2. The van der Waals surface area contributed by atoms with Gasteiger partial charge in [-0.3, -0.25) is 4.79 Å². The zero-order valence-electron chi connectivity index (χ0n) is 14.5. The summed E-state index contributed by atoms with van der Waals surface area (Å²) >= 11 is 0. The SMILES string of the molecule is Cc1ccc(-n2nc(C(C)C)cc2NC(=O)C(C)C(C)N)cc1. The molecule has 2 aromatic rings. The van der Waals surface area contributed by atoms with Gasteiger partial charge in [0.15, 0.2) is 0 Å². The van der Waals surface area contributed by atoms with Crippen molar-refractivity contribution in [3.05, 3.63) is 41.6 Å². The van der Waals surface area contributed by atoms with Gasteiger partial charge >= 0.3 is 0 Å². The van der Waals surface area contributed by atoms with E-state index in [-0.39, 0.29) is 23.8 Å². The Bertz CT molecular complexity index is 671. The van der Waals surface area contributed by atoms with Crippen molar-refractivity contribution >= 4 is 11.7 Å². The molecular weight excluding hydrogens is 288 g/mol. The molecule has 2 unspecified atom stereocenters. The van der Waals surface area contributed by atoms with E-state index >= 15 is 0 Å². The number of aryl methyl sites for hydroxylation is 1. The van der Waals surface area contributed by atoms with Gasteiger partial charge in [0.05, 0.1) is 17.3 Å². The molecule has 0 spiro atoms. The summed E-state index contributed by atoms with van der Waals surface area (Å²) in [5, 5.41) is 7.60. The van der Waals surface area contributed by atoms with E-state index in [9.17, 15) is 4.79 Å². The maximum atomic E-state index is 12.3. The fourth-order valence-electron chi connectivity index (χ4n) is 2.13. The number of nitrogens with one attached hydrogen (secondary N) is 1. The minimum absolute atomic E-state index is 0.0939. The molecule has 1 amide bonds. The van der Waals surface area contributed by atoms with E-state index in [1.165, 1.54) is 5.56 Å². The highest BCUT2D eigenvalue weighted by atomic mass is 16.2. The van der Waals surface area contributed by atoms with Crippen LogP contribution in [-0.4, -0.2) is 21.7 Å². The molecule has 0 fully saturated rings. The summed E-state index contributed by atoms with van der Waals surface area (Å²) in [6.45, 7) is 9.87. The third-order valence-corrected chi connectivity index (χ3v) is 4.05. The van der Waals surface area contributed by atoms with Gasteiger partial charge in [0.1, 0.15) is 5.82 Å². The Kier molecular flexibility index (Phi) is 5.21. The smallest absolute Gasteiger partial charge is 0.229 e. The Morgan fingerprint density at radius 2 is 1.78 bits per heavy atom. The van der Waals surface area contributed by atoms with E-state index in [2.05, 4.69) is 24.3 Å². The van der Waals surface area contributed by atoms with Crippen molar-refractivity contribution < 1.29 is 4.79 Å². The van der Waals surface area contributed by atoms with Crippen molar-refractivity contribution in [3.63, 3.8) is 0 Å². The molecule has 5 heteroatoms. The first kappa shape index (κ1) is 17.2. The van der Waals surface area contributed by atoms with Gasteiger partial charge in [-0.25, -0.2) is 4.68 Å². The van der Waals surface area contributed by atoms with Gasteiger partial charge in [0.2, 0.25) is 5.91 Å². The summed E-state index contributed by atoms with van der Waals surface area (Å²) < 4.78 is 1.78. The Morgan fingerprint density at radius 1 is 1.17 bits per heavy atom. The number of aromatic nitrogens is 2. The Hall–Kier alpha value is -2.14. The number of benzene rings is 1. The topological polar surface area (TPSA) is 72.9 Å². The Balaban J connectivity index is 2.37. The maximum absolute atomic E-state index is 12.3. The first-order valence-electron chi connectivity index (χ1n) is 8.03. The van der Waals surface area contributed by atoms with E-state index < -0.39 is 0 Å². The Morgan fingerprint density at radius 3 is 2.30 bits per heavy atom. The van der Waals surface area contributed by atoms with Gasteiger partial charge in [-0.15, -0.1) is 0 Å². The van der Waals surface area contributed by atoms with Crippen molar-refractivity contribution in [2.75, 3.05) is 5.32 Å². The van der Waals surface area contributed by atoms with E-state index in [0.29, 0.717) is 5.82 Å². The molecule has 0 aliphatic rings. The van der Waals surface area contributed by atoms with E-state index in [4.69, 9.17) is 5.73 Å². The molecule has 0 bridgehead atoms. The number of rotatable bonds is 5. The van der Waals surface area contributed by atoms with Crippen LogP contribution in [0, 0.1) is 12.8 Å². The first-order chi connectivity index (χ1) is 10.8. The number of carbonyl (C=O) groups is 1. The Labute approximate surface area is 137 Å². The number of carbonyl (C=O) groups excluding carboxylic acids is 1. The summed E-state index contributed by atoms with van der Waals surface area (Å²) in [7, 11) is 0. The lowest BCUT2D eigenvalue weighted by Gasteiger charge is -2.16. The van der Waals surface area contributed by atoms with Crippen LogP contribution in [0.2, 0.25) is 0 Å². The lowest BCUT2D eigenvalue weighted by molar-refractivity contribution is -0.119. The van der Waals surface area contributed by atoms with Crippen LogP contribution >= 0.6 is 0 Å². The summed E-state index contributed by atoms with van der Waals surface area (Å²) in [6, 6.07) is 9.78.